The molecule has 0 aliphatic heterocycles. The molecule has 1 rings (SSSR count). The normalized spacial score (nSPS) is 10.6. The van der Waals surface area contributed by atoms with Crippen LogP contribution >= 0.6 is 0 Å². The van der Waals surface area contributed by atoms with Crippen LogP contribution in [0.15, 0.2) is 18.2 Å². The smallest absolute Gasteiger partial charge is 0.227 e. The van der Waals surface area contributed by atoms with Gasteiger partial charge >= 0.3 is 0 Å². The van der Waals surface area contributed by atoms with Crippen LogP contribution in [0.4, 0.5) is 0 Å². The maximum atomic E-state index is 12.6. The number of hydrogen-bond acceptors (Lipinski definition) is 3. The minimum absolute atomic E-state index is 0.140. The number of methoxy groups -OCH3 is 2. The predicted molar refractivity (Wildman–Crippen MR) is 89.6 cm³/mol. The summed E-state index contributed by atoms with van der Waals surface area (Å²) in [5.41, 5.74) is 0.870. The van der Waals surface area contributed by atoms with Crippen molar-refractivity contribution in [3.05, 3.63) is 23.8 Å². The summed E-state index contributed by atoms with van der Waals surface area (Å²) in [5.74, 6) is 2.18. The molecule has 1 amide bonds. The van der Waals surface area contributed by atoms with Gasteiger partial charge in [-0.05, 0) is 31.0 Å². The minimum Gasteiger partial charge on any atom is -0.497 e. The quantitative estimate of drug-likeness (QED) is 0.700. The Balaban J connectivity index is 2.85. The zero-order valence-electron chi connectivity index (χ0n) is 14.5. The highest BCUT2D eigenvalue weighted by Gasteiger charge is 2.18. The third-order valence-corrected chi connectivity index (χ3v) is 4.20. The van der Waals surface area contributed by atoms with Crippen LogP contribution in [0.5, 0.6) is 11.5 Å². The monoisotopic (exact) mass is 307 g/mol. The number of nitrogens with zero attached hydrogens (tertiary/aromatic N) is 1. The fourth-order valence-electron chi connectivity index (χ4n) is 2.56. The Morgan fingerprint density at radius 1 is 1.14 bits per heavy atom. The van der Waals surface area contributed by atoms with Gasteiger partial charge in [0.25, 0.3) is 0 Å². The molecule has 0 radical (unpaired) electrons. The van der Waals surface area contributed by atoms with Crippen molar-refractivity contribution in [2.24, 2.45) is 5.92 Å². The lowest BCUT2D eigenvalue weighted by Crippen LogP contribution is -2.36. The number of carbonyl (C=O) groups is 1. The van der Waals surface area contributed by atoms with Gasteiger partial charge in [-0.15, -0.1) is 0 Å². The molecule has 1 aromatic carbocycles. The molecule has 124 valence electrons. The van der Waals surface area contributed by atoms with Crippen LogP contribution < -0.4 is 9.47 Å². The van der Waals surface area contributed by atoms with E-state index in [1.54, 1.807) is 14.2 Å². The Bertz CT molecular complexity index is 469. The molecule has 0 aliphatic rings. The van der Waals surface area contributed by atoms with Gasteiger partial charge in [0.1, 0.15) is 11.5 Å². The van der Waals surface area contributed by atoms with Crippen LogP contribution in [0.1, 0.15) is 39.2 Å². The summed E-state index contributed by atoms with van der Waals surface area (Å²) < 4.78 is 10.6. The lowest BCUT2D eigenvalue weighted by molar-refractivity contribution is -0.131. The van der Waals surface area contributed by atoms with Crippen molar-refractivity contribution in [2.45, 2.75) is 40.0 Å². The number of rotatable bonds is 9. The minimum atomic E-state index is 0.140. The van der Waals surface area contributed by atoms with Crippen LogP contribution in [-0.4, -0.2) is 38.1 Å². The number of amides is 1. The molecule has 0 saturated heterocycles. The Morgan fingerprint density at radius 2 is 1.82 bits per heavy atom. The topological polar surface area (TPSA) is 38.8 Å². The number of carbonyl (C=O) groups excluding carboxylic acids is 1. The summed E-state index contributed by atoms with van der Waals surface area (Å²) >= 11 is 0. The second-order valence-electron chi connectivity index (χ2n) is 5.47. The lowest BCUT2D eigenvalue weighted by Gasteiger charge is -2.26. The van der Waals surface area contributed by atoms with E-state index in [-0.39, 0.29) is 5.91 Å². The largest absolute Gasteiger partial charge is 0.497 e. The van der Waals surface area contributed by atoms with Crippen molar-refractivity contribution in [1.29, 1.82) is 0 Å². The molecule has 4 nitrogen and oxygen atoms in total. The Labute approximate surface area is 134 Å². The first kappa shape index (κ1) is 18.3. The summed E-state index contributed by atoms with van der Waals surface area (Å²) in [6, 6.07) is 5.56. The molecule has 0 atom stereocenters. The van der Waals surface area contributed by atoms with Crippen LogP contribution in [0.25, 0.3) is 0 Å². The van der Waals surface area contributed by atoms with Gasteiger partial charge in [0.15, 0.2) is 0 Å². The van der Waals surface area contributed by atoms with Crippen molar-refractivity contribution in [3.63, 3.8) is 0 Å². The van der Waals surface area contributed by atoms with Gasteiger partial charge in [0.2, 0.25) is 5.91 Å². The fraction of sp³-hybridized carbons (Fsp3) is 0.611. The highest BCUT2D eigenvalue weighted by Crippen LogP contribution is 2.25. The van der Waals surface area contributed by atoms with Gasteiger partial charge in [0, 0.05) is 18.7 Å². The molecule has 0 saturated carbocycles. The number of ether oxygens (including phenoxy) is 2. The van der Waals surface area contributed by atoms with Crippen LogP contribution in [0.3, 0.4) is 0 Å². The van der Waals surface area contributed by atoms with E-state index in [1.807, 2.05) is 30.0 Å². The summed E-state index contributed by atoms with van der Waals surface area (Å²) in [4.78, 5) is 14.5. The van der Waals surface area contributed by atoms with E-state index in [1.165, 1.54) is 0 Å². The second kappa shape index (κ2) is 9.34. The predicted octanol–water partition coefficient (Wildman–Crippen LogP) is 3.53. The maximum Gasteiger partial charge on any atom is 0.227 e. The van der Waals surface area contributed by atoms with E-state index in [2.05, 4.69) is 13.8 Å². The summed E-state index contributed by atoms with van der Waals surface area (Å²) in [5, 5.41) is 0. The summed E-state index contributed by atoms with van der Waals surface area (Å²) in [6.45, 7) is 7.95. The van der Waals surface area contributed by atoms with Gasteiger partial charge in [-0.1, -0.05) is 26.7 Å². The van der Waals surface area contributed by atoms with Crippen molar-refractivity contribution in [1.82, 2.24) is 4.90 Å². The lowest BCUT2D eigenvalue weighted by atomic mass is 10.0. The van der Waals surface area contributed by atoms with Gasteiger partial charge in [-0.25, -0.2) is 0 Å². The Morgan fingerprint density at radius 3 is 2.32 bits per heavy atom. The third kappa shape index (κ3) is 4.93. The molecule has 0 spiro atoms. The Hall–Kier alpha value is -1.71. The van der Waals surface area contributed by atoms with Crippen LogP contribution in [-0.2, 0) is 11.2 Å². The van der Waals surface area contributed by atoms with Crippen LogP contribution in [0, 0.1) is 5.92 Å². The van der Waals surface area contributed by atoms with E-state index < -0.39 is 0 Å². The van der Waals surface area contributed by atoms with Gasteiger partial charge in [0.05, 0.1) is 20.6 Å². The zero-order chi connectivity index (χ0) is 16.5. The molecule has 4 heteroatoms. The van der Waals surface area contributed by atoms with E-state index in [0.29, 0.717) is 12.3 Å². The highest BCUT2D eigenvalue weighted by molar-refractivity contribution is 5.79. The first-order chi connectivity index (χ1) is 10.6. The van der Waals surface area contributed by atoms with Gasteiger partial charge in [-0.3, -0.25) is 4.79 Å². The zero-order valence-corrected chi connectivity index (χ0v) is 14.5. The molecule has 22 heavy (non-hydrogen) atoms. The third-order valence-electron chi connectivity index (χ3n) is 4.20. The average molecular weight is 307 g/mol. The van der Waals surface area contributed by atoms with Crippen molar-refractivity contribution in [3.8, 4) is 11.5 Å². The Kier molecular flexibility index (Phi) is 7.78. The average Bonchev–Trinajstić information content (AvgIpc) is 2.55. The van der Waals surface area contributed by atoms with E-state index in [4.69, 9.17) is 9.47 Å². The van der Waals surface area contributed by atoms with Crippen molar-refractivity contribution < 1.29 is 14.3 Å². The molecular formula is C18H29NO3. The van der Waals surface area contributed by atoms with Gasteiger partial charge < -0.3 is 14.4 Å². The molecule has 1 aromatic rings. The summed E-state index contributed by atoms with van der Waals surface area (Å²) in [7, 11) is 3.25. The van der Waals surface area contributed by atoms with Crippen molar-refractivity contribution >= 4 is 5.91 Å². The van der Waals surface area contributed by atoms with Gasteiger partial charge in [-0.2, -0.15) is 0 Å². The molecule has 0 fully saturated rings. The molecule has 0 heterocycles. The van der Waals surface area contributed by atoms with E-state index in [9.17, 15) is 4.79 Å². The van der Waals surface area contributed by atoms with Crippen molar-refractivity contribution in [2.75, 3.05) is 27.3 Å². The highest BCUT2D eigenvalue weighted by atomic mass is 16.5. The number of benzene rings is 1. The molecule has 0 N–H and O–H groups in total. The maximum absolute atomic E-state index is 12.6. The molecule has 0 aromatic heterocycles. The fourth-order valence-corrected chi connectivity index (χ4v) is 2.56. The molecule has 0 aliphatic carbocycles. The van der Waals surface area contributed by atoms with E-state index in [0.717, 1.165) is 43.0 Å². The molecule has 0 unspecified atom stereocenters. The molecule has 0 bridgehead atoms. The van der Waals surface area contributed by atoms with E-state index >= 15 is 0 Å². The summed E-state index contributed by atoms with van der Waals surface area (Å²) in [6.07, 6.45) is 2.54. The van der Waals surface area contributed by atoms with Crippen LogP contribution in [0.2, 0.25) is 0 Å². The first-order valence-corrected chi connectivity index (χ1v) is 8.08. The number of hydrogen-bond donors (Lipinski definition) is 0. The standard InChI is InChI=1S/C18H29NO3/c1-6-14(7-2)13-19(8-3)18(20)12-15-11-16(21-4)9-10-17(15)22-5/h9-11,14H,6-8,12-13H2,1-5H3. The second-order valence-corrected chi connectivity index (χ2v) is 5.47. The first-order valence-electron chi connectivity index (χ1n) is 8.08. The number of likely N-dealkylation sites (N-methyl/N-ethyl adjacent to an activating group) is 1. The molecular weight excluding hydrogens is 278 g/mol. The SMILES string of the molecule is CCC(CC)CN(CC)C(=O)Cc1cc(OC)ccc1OC.